The van der Waals surface area contributed by atoms with Crippen LogP contribution in [-0.4, -0.2) is 45.5 Å². The maximum absolute atomic E-state index is 13.0. The lowest BCUT2D eigenvalue weighted by atomic mass is 10.1. The predicted molar refractivity (Wildman–Crippen MR) is 122 cm³/mol. The molecule has 164 valence electrons. The monoisotopic (exact) mass is 451 g/mol. The zero-order valence-corrected chi connectivity index (χ0v) is 18.1. The average Bonchev–Trinajstić information content (AvgIpc) is 3.42. The first-order valence-electron chi connectivity index (χ1n) is 10.1. The number of likely N-dealkylation sites (tertiary alicyclic amines) is 1. The lowest BCUT2D eigenvalue weighted by molar-refractivity contribution is -0.119. The summed E-state index contributed by atoms with van der Waals surface area (Å²) in [6.45, 7) is 2.13. The molecule has 0 unspecified atom stereocenters. The maximum Gasteiger partial charge on any atom is 0.322 e. The van der Waals surface area contributed by atoms with Crippen LogP contribution in [0.15, 0.2) is 60.8 Å². The van der Waals surface area contributed by atoms with Crippen molar-refractivity contribution in [2.24, 2.45) is 5.92 Å². The second-order valence-corrected chi connectivity index (χ2v) is 8.09. The highest BCUT2D eigenvalue weighted by Gasteiger charge is 2.39. The van der Waals surface area contributed by atoms with Crippen LogP contribution in [0.5, 0.6) is 0 Å². The van der Waals surface area contributed by atoms with Gasteiger partial charge in [0, 0.05) is 40.8 Å². The molecule has 0 spiro atoms. The van der Waals surface area contributed by atoms with E-state index >= 15 is 0 Å². The number of rotatable bonds is 5. The van der Waals surface area contributed by atoms with E-state index in [1.54, 1.807) is 47.3 Å². The van der Waals surface area contributed by atoms with Gasteiger partial charge in [-0.3, -0.25) is 4.79 Å². The van der Waals surface area contributed by atoms with Gasteiger partial charge in [0.25, 0.3) is 0 Å². The van der Waals surface area contributed by atoms with Gasteiger partial charge in [0.1, 0.15) is 12.3 Å². The van der Waals surface area contributed by atoms with Gasteiger partial charge in [0.05, 0.1) is 5.69 Å². The third-order valence-electron chi connectivity index (χ3n) is 5.40. The number of halogens is 1. The van der Waals surface area contributed by atoms with Crippen LogP contribution in [0.4, 0.5) is 16.2 Å². The lowest BCUT2D eigenvalue weighted by Crippen LogP contribution is -2.45. The Kier molecular flexibility index (Phi) is 6.23. The molecule has 2 heterocycles. The van der Waals surface area contributed by atoms with Crippen molar-refractivity contribution in [3.63, 3.8) is 0 Å². The van der Waals surface area contributed by atoms with Crippen LogP contribution in [0.3, 0.4) is 0 Å². The second kappa shape index (κ2) is 9.23. The molecule has 0 aliphatic carbocycles. The predicted octanol–water partition coefficient (Wildman–Crippen LogP) is 3.89. The first-order chi connectivity index (χ1) is 15.4. The number of hydrogen-bond donors (Lipinski definition) is 2. The van der Waals surface area contributed by atoms with E-state index in [0.717, 1.165) is 17.7 Å². The molecule has 1 aliphatic rings. The number of amides is 3. The summed E-state index contributed by atoms with van der Waals surface area (Å²) in [4.78, 5) is 38.5. The van der Waals surface area contributed by atoms with Gasteiger partial charge < -0.3 is 20.3 Å². The molecule has 2 aromatic carbocycles. The molecule has 2 N–H and O–H groups in total. The lowest BCUT2D eigenvalue weighted by Gasteiger charge is -2.24. The summed E-state index contributed by atoms with van der Waals surface area (Å²) in [5, 5.41) is 10.4. The smallest absolute Gasteiger partial charge is 0.322 e. The summed E-state index contributed by atoms with van der Waals surface area (Å²) >= 11 is 5.88. The fourth-order valence-electron chi connectivity index (χ4n) is 3.72. The minimum Gasteiger partial charge on any atom is -0.324 e. The van der Waals surface area contributed by atoms with E-state index < -0.39 is 18.0 Å². The molecule has 9 heteroatoms. The third-order valence-corrected chi connectivity index (χ3v) is 5.65. The molecule has 0 bridgehead atoms. The number of carbonyl (C=O) groups is 3. The van der Waals surface area contributed by atoms with Crippen molar-refractivity contribution in [1.82, 2.24) is 14.7 Å². The van der Waals surface area contributed by atoms with Crippen LogP contribution in [0.1, 0.15) is 12.1 Å². The third kappa shape index (κ3) is 4.65. The van der Waals surface area contributed by atoms with Crippen LogP contribution in [0, 0.1) is 12.8 Å². The number of urea groups is 1. The van der Waals surface area contributed by atoms with Gasteiger partial charge in [-0.2, -0.15) is 5.10 Å². The Morgan fingerprint density at radius 1 is 1.03 bits per heavy atom. The van der Waals surface area contributed by atoms with E-state index in [0.29, 0.717) is 16.4 Å². The highest BCUT2D eigenvalue weighted by molar-refractivity contribution is 6.30. The highest BCUT2D eigenvalue weighted by Crippen LogP contribution is 2.25. The van der Waals surface area contributed by atoms with Gasteiger partial charge in [-0.05, 0) is 67.9 Å². The van der Waals surface area contributed by atoms with Gasteiger partial charge in [-0.1, -0.05) is 11.6 Å². The molecule has 0 saturated carbocycles. The topological polar surface area (TPSA) is 96.3 Å². The molecule has 1 saturated heterocycles. The molecular formula is C23H22ClN5O3. The van der Waals surface area contributed by atoms with Crippen molar-refractivity contribution < 1.29 is 14.4 Å². The number of benzene rings is 2. The molecule has 3 aromatic rings. The Morgan fingerprint density at radius 2 is 1.69 bits per heavy atom. The van der Waals surface area contributed by atoms with Crippen LogP contribution in [0.2, 0.25) is 5.02 Å². The number of aldehydes is 1. The minimum atomic E-state index is -0.759. The second-order valence-electron chi connectivity index (χ2n) is 7.66. The van der Waals surface area contributed by atoms with E-state index in [2.05, 4.69) is 15.7 Å². The van der Waals surface area contributed by atoms with Crippen molar-refractivity contribution >= 4 is 41.2 Å². The van der Waals surface area contributed by atoms with Crippen LogP contribution in [-0.2, 0) is 9.59 Å². The van der Waals surface area contributed by atoms with Crippen molar-refractivity contribution in [3.8, 4) is 5.69 Å². The summed E-state index contributed by atoms with van der Waals surface area (Å²) in [7, 11) is 0. The molecule has 1 aromatic heterocycles. The molecule has 8 nitrogen and oxygen atoms in total. The SMILES string of the molecule is Cc1ccnn1-c1ccc(NC(=O)[C@H]2C[C@@H](C=O)CN2C(=O)Nc2ccc(Cl)cc2)cc1. The van der Waals surface area contributed by atoms with E-state index in [9.17, 15) is 14.4 Å². The first kappa shape index (κ1) is 21.6. The Balaban J connectivity index is 1.45. The van der Waals surface area contributed by atoms with Gasteiger partial charge >= 0.3 is 6.03 Å². The Morgan fingerprint density at radius 3 is 2.31 bits per heavy atom. The minimum absolute atomic E-state index is 0.179. The zero-order chi connectivity index (χ0) is 22.7. The van der Waals surface area contributed by atoms with Crippen molar-refractivity contribution in [2.75, 3.05) is 17.2 Å². The molecule has 1 fully saturated rings. The molecule has 3 amide bonds. The van der Waals surface area contributed by atoms with E-state index in [1.807, 2.05) is 25.1 Å². The fraction of sp³-hybridized carbons (Fsp3) is 0.217. The summed E-state index contributed by atoms with van der Waals surface area (Å²) in [5.41, 5.74) is 3.01. The molecule has 32 heavy (non-hydrogen) atoms. The fourth-order valence-corrected chi connectivity index (χ4v) is 3.85. The summed E-state index contributed by atoms with van der Waals surface area (Å²) in [6, 6.07) is 14.6. The largest absolute Gasteiger partial charge is 0.324 e. The van der Waals surface area contributed by atoms with Crippen molar-refractivity contribution in [3.05, 3.63) is 71.5 Å². The quantitative estimate of drug-likeness (QED) is 0.575. The van der Waals surface area contributed by atoms with Crippen LogP contribution in [0.25, 0.3) is 5.69 Å². The molecule has 0 radical (unpaired) electrons. The number of aryl methyl sites for hydroxylation is 1. The normalized spacial score (nSPS) is 17.8. The molecule has 1 aliphatic heterocycles. The Bertz CT molecular complexity index is 1130. The molecule has 4 rings (SSSR count). The maximum atomic E-state index is 13.0. The standard InChI is InChI=1S/C23H22ClN5O3/c1-15-10-11-25-29(15)20-8-6-18(7-9-20)26-22(31)21-12-16(14-30)13-28(21)23(32)27-19-4-2-17(24)3-5-19/h2-11,14,16,21H,12-13H2,1H3,(H,26,31)(H,27,32)/t16-,21-/m1/s1. The van der Waals surface area contributed by atoms with Gasteiger partial charge in [-0.15, -0.1) is 0 Å². The first-order valence-corrected chi connectivity index (χ1v) is 10.5. The van der Waals surface area contributed by atoms with E-state index in [1.165, 1.54) is 4.90 Å². The molecule has 2 atom stereocenters. The average molecular weight is 452 g/mol. The van der Waals surface area contributed by atoms with Crippen LogP contribution < -0.4 is 10.6 Å². The summed E-state index contributed by atoms with van der Waals surface area (Å²) in [6.07, 6.45) is 2.78. The highest BCUT2D eigenvalue weighted by atomic mass is 35.5. The molecular weight excluding hydrogens is 430 g/mol. The Hall–Kier alpha value is -3.65. The number of hydrogen-bond acceptors (Lipinski definition) is 4. The Labute approximate surface area is 190 Å². The van der Waals surface area contributed by atoms with Crippen molar-refractivity contribution in [2.45, 2.75) is 19.4 Å². The number of nitrogens with zero attached hydrogens (tertiary/aromatic N) is 3. The zero-order valence-electron chi connectivity index (χ0n) is 17.4. The number of anilines is 2. The van der Waals surface area contributed by atoms with Crippen LogP contribution >= 0.6 is 11.6 Å². The van der Waals surface area contributed by atoms with E-state index in [-0.39, 0.29) is 18.9 Å². The van der Waals surface area contributed by atoms with Gasteiger partial charge in [0.15, 0.2) is 0 Å². The van der Waals surface area contributed by atoms with Gasteiger partial charge in [0.2, 0.25) is 5.91 Å². The summed E-state index contributed by atoms with van der Waals surface area (Å²) in [5.74, 6) is -0.740. The number of nitrogens with one attached hydrogen (secondary N) is 2. The number of aromatic nitrogens is 2. The summed E-state index contributed by atoms with van der Waals surface area (Å²) < 4.78 is 1.79. The van der Waals surface area contributed by atoms with E-state index in [4.69, 9.17) is 11.6 Å². The van der Waals surface area contributed by atoms with Gasteiger partial charge in [-0.25, -0.2) is 9.48 Å². The number of carbonyl (C=O) groups excluding carboxylic acids is 3. The van der Waals surface area contributed by atoms with Crippen molar-refractivity contribution in [1.29, 1.82) is 0 Å².